The minimum atomic E-state index is -0.799. The van der Waals surface area contributed by atoms with E-state index in [-0.39, 0.29) is 11.1 Å². The van der Waals surface area contributed by atoms with Crippen molar-refractivity contribution in [3.8, 4) is 23.0 Å². The molecule has 4 rings (SSSR count). The van der Waals surface area contributed by atoms with Crippen LogP contribution >= 0.6 is 11.3 Å². The molecule has 3 aromatic rings. The van der Waals surface area contributed by atoms with E-state index in [1.54, 1.807) is 49.4 Å². The van der Waals surface area contributed by atoms with Crippen LogP contribution in [0.5, 0.6) is 23.0 Å². The van der Waals surface area contributed by atoms with E-state index in [1.807, 2.05) is 0 Å². The van der Waals surface area contributed by atoms with E-state index in [0.29, 0.717) is 49.2 Å². The number of allylic oxidation sites excluding steroid dienone is 1. The van der Waals surface area contributed by atoms with Gasteiger partial charge in [-0.05, 0) is 48.4 Å². The van der Waals surface area contributed by atoms with Gasteiger partial charge in [-0.15, -0.1) is 0 Å². The number of thiazole rings is 1. The highest BCUT2D eigenvalue weighted by molar-refractivity contribution is 7.07. The van der Waals surface area contributed by atoms with E-state index in [1.165, 1.54) is 51.3 Å². The molecule has 38 heavy (non-hydrogen) atoms. The molecule has 0 N–H and O–H groups in total. The van der Waals surface area contributed by atoms with Gasteiger partial charge in [0.05, 0.1) is 50.3 Å². The van der Waals surface area contributed by atoms with E-state index < -0.39 is 18.0 Å². The Bertz CT molecular complexity index is 1590. The second-order valence-electron chi connectivity index (χ2n) is 8.19. The van der Waals surface area contributed by atoms with Gasteiger partial charge in [0, 0.05) is 6.92 Å². The number of fused-ring (bicyclic) bond motifs is 1. The molecule has 1 aliphatic rings. The SMILES string of the molecule is COC(=O)C1=C(C)N=c2sc(=Cc3cc(OC)c(OC)c(OC)c3)c(=O)n2C1c1ccc(OC(C)=O)cc1. The van der Waals surface area contributed by atoms with Crippen LogP contribution in [-0.4, -0.2) is 44.9 Å². The summed E-state index contributed by atoms with van der Waals surface area (Å²) in [7, 11) is 5.81. The van der Waals surface area contributed by atoms with Crippen LogP contribution in [0.25, 0.3) is 6.08 Å². The fraction of sp³-hybridized carbons (Fsp3) is 0.259. The summed E-state index contributed by atoms with van der Waals surface area (Å²) in [5, 5.41) is 0. The monoisotopic (exact) mass is 538 g/mol. The lowest BCUT2D eigenvalue weighted by atomic mass is 9.96. The molecule has 1 aliphatic heterocycles. The van der Waals surface area contributed by atoms with E-state index in [9.17, 15) is 14.4 Å². The molecule has 1 unspecified atom stereocenters. The van der Waals surface area contributed by atoms with Crippen LogP contribution in [-0.2, 0) is 14.3 Å². The lowest BCUT2D eigenvalue weighted by molar-refractivity contribution is -0.136. The van der Waals surface area contributed by atoms with Gasteiger partial charge in [-0.25, -0.2) is 9.79 Å². The van der Waals surface area contributed by atoms with Crippen molar-refractivity contribution in [1.29, 1.82) is 0 Å². The summed E-state index contributed by atoms with van der Waals surface area (Å²) in [5.74, 6) is 0.615. The van der Waals surface area contributed by atoms with Crippen LogP contribution < -0.4 is 33.8 Å². The quantitative estimate of drug-likeness (QED) is 0.333. The van der Waals surface area contributed by atoms with Crippen molar-refractivity contribution in [2.75, 3.05) is 28.4 Å². The van der Waals surface area contributed by atoms with Crippen LogP contribution in [0.3, 0.4) is 0 Å². The molecule has 0 fully saturated rings. The molecule has 10 nitrogen and oxygen atoms in total. The van der Waals surface area contributed by atoms with Gasteiger partial charge < -0.3 is 23.7 Å². The second kappa shape index (κ2) is 10.9. The Labute approximate surface area is 222 Å². The average Bonchev–Trinajstić information content (AvgIpc) is 3.20. The molecular formula is C27H26N2O8S. The largest absolute Gasteiger partial charge is 0.493 e. The first-order chi connectivity index (χ1) is 18.2. The Balaban J connectivity index is 1.92. The van der Waals surface area contributed by atoms with Crippen molar-refractivity contribution in [2.45, 2.75) is 19.9 Å². The molecule has 11 heteroatoms. The summed E-state index contributed by atoms with van der Waals surface area (Å²) in [6.45, 7) is 3.00. The number of rotatable bonds is 7. The first-order valence-electron chi connectivity index (χ1n) is 11.4. The van der Waals surface area contributed by atoms with Crippen molar-refractivity contribution in [1.82, 2.24) is 4.57 Å². The molecule has 2 heterocycles. The first-order valence-corrected chi connectivity index (χ1v) is 12.2. The fourth-order valence-corrected chi connectivity index (χ4v) is 5.27. The number of hydrogen-bond acceptors (Lipinski definition) is 10. The van der Waals surface area contributed by atoms with Gasteiger partial charge in [-0.2, -0.15) is 0 Å². The molecule has 1 atom stereocenters. The summed E-state index contributed by atoms with van der Waals surface area (Å²) >= 11 is 1.19. The van der Waals surface area contributed by atoms with E-state index in [4.69, 9.17) is 23.7 Å². The number of nitrogens with zero attached hydrogens (tertiary/aromatic N) is 2. The Morgan fingerprint density at radius 1 is 1.00 bits per heavy atom. The average molecular weight is 539 g/mol. The normalized spacial score (nSPS) is 14.9. The van der Waals surface area contributed by atoms with Gasteiger partial charge in [0.2, 0.25) is 5.75 Å². The maximum atomic E-state index is 13.8. The van der Waals surface area contributed by atoms with Crippen molar-refractivity contribution in [3.63, 3.8) is 0 Å². The van der Waals surface area contributed by atoms with Gasteiger partial charge in [0.25, 0.3) is 5.56 Å². The summed E-state index contributed by atoms with van der Waals surface area (Å²) in [5.41, 5.74) is 1.60. The molecular weight excluding hydrogens is 512 g/mol. The van der Waals surface area contributed by atoms with Crippen LogP contribution in [0.15, 0.2) is 57.5 Å². The third-order valence-corrected chi connectivity index (χ3v) is 6.85. The molecule has 0 bridgehead atoms. The highest BCUT2D eigenvalue weighted by atomic mass is 32.1. The summed E-state index contributed by atoms with van der Waals surface area (Å²) in [6, 6.07) is 9.26. The summed E-state index contributed by atoms with van der Waals surface area (Å²) < 4.78 is 28.3. The highest BCUT2D eigenvalue weighted by Gasteiger charge is 2.33. The smallest absolute Gasteiger partial charge is 0.338 e. The number of carbonyl (C=O) groups excluding carboxylic acids is 2. The Morgan fingerprint density at radius 2 is 1.63 bits per heavy atom. The van der Waals surface area contributed by atoms with Crippen molar-refractivity contribution in [2.24, 2.45) is 4.99 Å². The minimum absolute atomic E-state index is 0.236. The minimum Gasteiger partial charge on any atom is -0.493 e. The van der Waals surface area contributed by atoms with E-state index >= 15 is 0 Å². The molecule has 0 saturated carbocycles. The Hall–Kier alpha value is -4.38. The zero-order valence-electron chi connectivity index (χ0n) is 21.7. The van der Waals surface area contributed by atoms with Crippen molar-refractivity contribution < 1.29 is 33.3 Å². The zero-order valence-corrected chi connectivity index (χ0v) is 22.5. The molecule has 0 aliphatic carbocycles. The number of hydrogen-bond donors (Lipinski definition) is 0. The topological polar surface area (TPSA) is 115 Å². The summed E-state index contributed by atoms with van der Waals surface area (Å²) in [4.78, 5) is 42.9. The van der Waals surface area contributed by atoms with Gasteiger partial charge in [0.1, 0.15) is 5.75 Å². The Kier molecular flexibility index (Phi) is 7.67. The second-order valence-corrected chi connectivity index (χ2v) is 9.20. The lowest BCUT2D eigenvalue weighted by Crippen LogP contribution is -2.39. The number of esters is 2. The number of carbonyl (C=O) groups is 2. The molecule has 1 aromatic heterocycles. The van der Waals surface area contributed by atoms with E-state index in [0.717, 1.165) is 0 Å². The van der Waals surface area contributed by atoms with Crippen LogP contribution in [0.1, 0.15) is 31.0 Å². The van der Waals surface area contributed by atoms with Gasteiger partial charge in [0.15, 0.2) is 16.3 Å². The number of methoxy groups -OCH3 is 4. The third-order valence-electron chi connectivity index (χ3n) is 5.87. The third kappa shape index (κ3) is 4.92. The molecule has 0 saturated heterocycles. The van der Waals surface area contributed by atoms with Crippen LogP contribution in [0.2, 0.25) is 0 Å². The van der Waals surface area contributed by atoms with Crippen molar-refractivity contribution in [3.05, 3.63) is 78.5 Å². The summed E-state index contributed by atoms with van der Waals surface area (Å²) in [6.07, 6.45) is 1.70. The molecule has 0 amide bonds. The highest BCUT2D eigenvalue weighted by Crippen LogP contribution is 2.38. The number of ether oxygens (including phenoxy) is 5. The fourth-order valence-electron chi connectivity index (χ4n) is 4.23. The lowest BCUT2D eigenvalue weighted by Gasteiger charge is -2.24. The van der Waals surface area contributed by atoms with Gasteiger partial charge >= 0.3 is 11.9 Å². The zero-order chi connectivity index (χ0) is 27.6. The van der Waals surface area contributed by atoms with Gasteiger partial charge in [-0.3, -0.25) is 14.2 Å². The number of aromatic nitrogens is 1. The molecule has 0 radical (unpaired) electrons. The van der Waals surface area contributed by atoms with E-state index in [2.05, 4.69) is 4.99 Å². The molecule has 2 aromatic carbocycles. The van der Waals surface area contributed by atoms with Crippen molar-refractivity contribution >= 4 is 29.4 Å². The predicted octanol–water partition coefficient (Wildman–Crippen LogP) is 2.36. The maximum Gasteiger partial charge on any atom is 0.338 e. The standard InChI is InChI=1S/C27H26N2O8S/c1-14-22(26(32)36-6)23(17-7-9-18(10-8-17)37-15(2)30)29-25(31)21(38-27(29)28-14)13-16-11-19(33-3)24(35-5)20(12-16)34-4/h7-13,23H,1-6H3. The van der Waals surface area contributed by atoms with Crippen LogP contribution in [0.4, 0.5) is 0 Å². The molecule has 198 valence electrons. The molecule has 0 spiro atoms. The Morgan fingerprint density at radius 3 is 2.16 bits per heavy atom. The van der Waals surface area contributed by atoms with Crippen LogP contribution in [0, 0.1) is 0 Å². The maximum absolute atomic E-state index is 13.8. The first kappa shape index (κ1) is 26.7. The predicted molar refractivity (Wildman–Crippen MR) is 140 cm³/mol. The van der Waals surface area contributed by atoms with Gasteiger partial charge in [-0.1, -0.05) is 23.5 Å². The number of benzene rings is 2.